The Hall–Kier alpha value is -3.85. The lowest BCUT2D eigenvalue weighted by molar-refractivity contribution is -0.122. The van der Waals surface area contributed by atoms with Gasteiger partial charge in [-0.25, -0.2) is 13.2 Å². The van der Waals surface area contributed by atoms with Gasteiger partial charge in [0.15, 0.2) is 6.61 Å². The van der Waals surface area contributed by atoms with E-state index >= 15 is 0 Å². The molecule has 1 amide bonds. The predicted molar refractivity (Wildman–Crippen MR) is 132 cm³/mol. The van der Waals surface area contributed by atoms with Crippen molar-refractivity contribution in [3.05, 3.63) is 83.9 Å². The van der Waals surface area contributed by atoms with Gasteiger partial charge in [0.1, 0.15) is 5.75 Å². The number of anilines is 2. The smallest absolute Gasteiger partial charge is 0.338 e. The maximum absolute atomic E-state index is 13.1. The zero-order valence-corrected chi connectivity index (χ0v) is 20.5. The highest BCUT2D eigenvalue weighted by Gasteiger charge is 2.31. The van der Waals surface area contributed by atoms with Crippen LogP contribution in [0, 0.1) is 0 Å². The van der Waals surface area contributed by atoms with Crippen LogP contribution in [0.2, 0.25) is 0 Å². The average Bonchev–Trinajstić information content (AvgIpc) is 3.22. The molecule has 35 heavy (non-hydrogen) atoms. The van der Waals surface area contributed by atoms with Gasteiger partial charge in [0.05, 0.1) is 23.3 Å². The maximum atomic E-state index is 13.1. The first-order chi connectivity index (χ1) is 16.7. The van der Waals surface area contributed by atoms with E-state index in [1.165, 1.54) is 38.4 Å². The number of carbonyl (C=O) groups is 2. The van der Waals surface area contributed by atoms with Gasteiger partial charge in [-0.2, -0.15) is 0 Å². The number of methoxy groups -OCH3 is 1. The largest absolute Gasteiger partial charge is 0.495 e. The molecule has 182 valence electrons. The Kier molecular flexibility index (Phi) is 6.79. The van der Waals surface area contributed by atoms with E-state index in [1.807, 2.05) is 31.2 Å². The summed E-state index contributed by atoms with van der Waals surface area (Å²) in [7, 11) is -1.00. The van der Waals surface area contributed by atoms with E-state index in [0.717, 1.165) is 22.0 Å². The lowest BCUT2D eigenvalue weighted by atomic mass is 10.1. The molecule has 0 N–H and O–H groups in total. The van der Waals surface area contributed by atoms with E-state index in [2.05, 4.69) is 0 Å². The third-order valence-corrected chi connectivity index (χ3v) is 7.76. The van der Waals surface area contributed by atoms with Crippen LogP contribution in [0.5, 0.6) is 5.75 Å². The van der Waals surface area contributed by atoms with Crippen molar-refractivity contribution >= 4 is 33.3 Å². The summed E-state index contributed by atoms with van der Waals surface area (Å²) in [5, 5.41) is 0. The van der Waals surface area contributed by atoms with Crippen molar-refractivity contribution in [3.8, 4) is 5.75 Å². The summed E-state index contributed by atoms with van der Waals surface area (Å²) in [6.07, 6.45) is 0.745. The Morgan fingerprint density at radius 1 is 1.00 bits per heavy atom. The summed E-state index contributed by atoms with van der Waals surface area (Å²) in [6.45, 7) is 1.54. The van der Waals surface area contributed by atoms with Gasteiger partial charge in [-0.1, -0.05) is 30.3 Å². The molecule has 4 rings (SSSR count). The number of para-hydroxylation sites is 3. The molecule has 1 aliphatic rings. The van der Waals surface area contributed by atoms with Gasteiger partial charge in [-0.3, -0.25) is 9.10 Å². The Bertz CT molecular complexity index is 1350. The third-order valence-electron chi connectivity index (χ3n) is 5.98. The van der Waals surface area contributed by atoms with Crippen LogP contribution < -0.4 is 13.9 Å². The molecule has 3 aromatic rings. The number of ether oxygens (including phenoxy) is 2. The molecule has 0 unspecified atom stereocenters. The van der Waals surface area contributed by atoms with E-state index < -0.39 is 22.6 Å². The molecule has 1 heterocycles. The summed E-state index contributed by atoms with van der Waals surface area (Å²) in [5.41, 5.74) is 2.44. The fraction of sp³-hybridized carbons (Fsp3) is 0.231. The summed E-state index contributed by atoms with van der Waals surface area (Å²) in [5.74, 6) is -0.604. The van der Waals surface area contributed by atoms with Crippen LogP contribution in [0.25, 0.3) is 0 Å². The molecule has 3 aromatic carbocycles. The molecule has 1 aliphatic heterocycles. The Morgan fingerprint density at radius 3 is 2.37 bits per heavy atom. The Morgan fingerprint density at radius 2 is 1.66 bits per heavy atom. The monoisotopic (exact) mass is 494 g/mol. The van der Waals surface area contributed by atoms with Gasteiger partial charge in [-0.15, -0.1) is 0 Å². The fourth-order valence-corrected chi connectivity index (χ4v) is 5.37. The molecule has 0 fully saturated rings. The first kappa shape index (κ1) is 24.3. The quantitative estimate of drug-likeness (QED) is 0.466. The number of rotatable bonds is 7. The first-order valence-corrected chi connectivity index (χ1v) is 12.5. The number of benzene rings is 3. The molecular formula is C26H26N2O6S. The second-order valence-corrected chi connectivity index (χ2v) is 10.2. The summed E-state index contributed by atoms with van der Waals surface area (Å²) >= 11 is 0. The third kappa shape index (κ3) is 4.72. The maximum Gasteiger partial charge on any atom is 0.338 e. The Balaban J connectivity index is 1.43. The van der Waals surface area contributed by atoms with E-state index in [1.54, 1.807) is 29.2 Å². The van der Waals surface area contributed by atoms with Crippen LogP contribution in [0.3, 0.4) is 0 Å². The minimum Gasteiger partial charge on any atom is -0.495 e. The van der Waals surface area contributed by atoms with Crippen molar-refractivity contribution in [1.82, 2.24) is 0 Å². The summed E-state index contributed by atoms with van der Waals surface area (Å²) < 4.78 is 37.8. The van der Waals surface area contributed by atoms with Gasteiger partial charge >= 0.3 is 5.97 Å². The van der Waals surface area contributed by atoms with Gasteiger partial charge < -0.3 is 14.4 Å². The van der Waals surface area contributed by atoms with Crippen LogP contribution in [-0.4, -0.2) is 47.1 Å². The number of nitrogens with zero attached hydrogens (tertiary/aromatic N) is 2. The summed E-state index contributed by atoms with van der Waals surface area (Å²) in [6, 6.07) is 19.8. The molecule has 0 aromatic heterocycles. The number of fused-ring (bicyclic) bond motifs is 1. The van der Waals surface area contributed by atoms with E-state index in [0.29, 0.717) is 11.4 Å². The van der Waals surface area contributed by atoms with Crippen molar-refractivity contribution in [3.63, 3.8) is 0 Å². The molecule has 0 radical (unpaired) electrons. The number of carbonyl (C=O) groups excluding carboxylic acids is 2. The van der Waals surface area contributed by atoms with Crippen molar-refractivity contribution in [1.29, 1.82) is 0 Å². The van der Waals surface area contributed by atoms with Crippen LogP contribution >= 0.6 is 0 Å². The number of sulfonamides is 1. The normalized spacial score (nSPS) is 14.8. The zero-order valence-electron chi connectivity index (χ0n) is 19.7. The number of hydrogen-bond acceptors (Lipinski definition) is 6. The van der Waals surface area contributed by atoms with Crippen molar-refractivity contribution in [2.24, 2.45) is 0 Å². The molecule has 8 nitrogen and oxygen atoms in total. The zero-order chi connectivity index (χ0) is 25.2. The molecule has 0 saturated carbocycles. The van der Waals surface area contributed by atoms with Gasteiger partial charge in [-0.05, 0) is 61.4 Å². The fourth-order valence-electron chi connectivity index (χ4n) is 4.17. The van der Waals surface area contributed by atoms with E-state index in [4.69, 9.17) is 9.47 Å². The number of hydrogen-bond donors (Lipinski definition) is 0. The minimum absolute atomic E-state index is 0.000955. The van der Waals surface area contributed by atoms with Gasteiger partial charge in [0.25, 0.3) is 15.9 Å². The topological polar surface area (TPSA) is 93.2 Å². The molecule has 0 saturated heterocycles. The minimum atomic E-state index is -3.90. The number of esters is 1. The van der Waals surface area contributed by atoms with Crippen LogP contribution in [0.1, 0.15) is 22.8 Å². The number of amides is 1. The van der Waals surface area contributed by atoms with Gasteiger partial charge in [0.2, 0.25) is 0 Å². The van der Waals surface area contributed by atoms with E-state index in [-0.39, 0.29) is 22.4 Å². The van der Waals surface area contributed by atoms with E-state index in [9.17, 15) is 18.0 Å². The van der Waals surface area contributed by atoms with Crippen LogP contribution in [-0.2, 0) is 26.0 Å². The highest BCUT2D eigenvalue weighted by atomic mass is 32.2. The molecule has 0 spiro atoms. The molecule has 1 atom stereocenters. The molecule has 0 aliphatic carbocycles. The van der Waals surface area contributed by atoms with Crippen molar-refractivity contribution in [2.45, 2.75) is 24.3 Å². The Labute approximate surface area is 204 Å². The summed E-state index contributed by atoms with van der Waals surface area (Å²) in [4.78, 5) is 26.9. The van der Waals surface area contributed by atoms with Crippen LogP contribution in [0.15, 0.2) is 77.7 Å². The standard InChI is InChI=1S/C26H26N2O6S/c1-18-16-20-8-4-5-9-22(20)28(18)25(29)17-34-26(30)19-12-14-21(15-13-19)35(31,32)27(2)23-10-6-7-11-24(23)33-3/h4-15,18H,16-17H2,1-3H3/t18-/m0/s1. The van der Waals surface area contributed by atoms with Crippen molar-refractivity contribution in [2.75, 3.05) is 30.0 Å². The molecular weight excluding hydrogens is 468 g/mol. The SMILES string of the molecule is COc1ccccc1N(C)S(=O)(=O)c1ccc(C(=O)OCC(=O)N2c3ccccc3C[C@@H]2C)cc1. The first-order valence-electron chi connectivity index (χ1n) is 11.0. The highest BCUT2D eigenvalue weighted by Crippen LogP contribution is 2.32. The lowest BCUT2D eigenvalue weighted by Crippen LogP contribution is -2.38. The second kappa shape index (κ2) is 9.79. The molecule has 0 bridgehead atoms. The van der Waals surface area contributed by atoms with Gasteiger partial charge in [0, 0.05) is 18.8 Å². The molecule has 9 heteroatoms. The average molecular weight is 495 g/mol. The predicted octanol–water partition coefficient (Wildman–Crippen LogP) is 3.65. The van der Waals surface area contributed by atoms with Crippen molar-refractivity contribution < 1.29 is 27.5 Å². The second-order valence-electron chi connectivity index (χ2n) is 8.19. The van der Waals surface area contributed by atoms with Crippen LogP contribution in [0.4, 0.5) is 11.4 Å². The highest BCUT2D eigenvalue weighted by molar-refractivity contribution is 7.92. The lowest BCUT2D eigenvalue weighted by Gasteiger charge is -2.22.